The van der Waals surface area contributed by atoms with Crippen LogP contribution < -0.4 is 0 Å². The Balaban J connectivity index is 2.12. The summed E-state index contributed by atoms with van der Waals surface area (Å²) in [5.41, 5.74) is 2.10. The van der Waals surface area contributed by atoms with Gasteiger partial charge in [0.25, 0.3) is 0 Å². The molecule has 1 N–H and O–H groups in total. The van der Waals surface area contributed by atoms with Crippen LogP contribution in [-0.4, -0.2) is 23.1 Å². The zero-order valence-corrected chi connectivity index (χ0v) is 14.2. The smallest absolute Gasteiger partial charge is 0.123 e. The van der Waals surface area contributed by atoms with E-state index in [-0.39, 0.29) is 5.41 Å². The van der Waals surface area contributed by atoms with Crippen LogP contribution in [-0.2, 0) is 12.0 Å². The lowest BCUT2D eigenvalue weighted by atomic mass is 9.85. The average molecular weight is 289 g/mol. The molecule has 0 heterocycles. The van der Waals surface area contributed by atoms with E-state index < -0.39 is 0 Å². The molecule has 1 aromatic carbocycles. The van der Waals surface area contributed by atoms with Gasteiger partial charge in [-0.15, -0.1) is 0 Å². The van der Waals surface area contributed by atoms with Crippen LogP contribution in [0.25, 0.3) is 0 Å². The third-order valence-electron chi connectivity index (χ3n) is 4.80. The highest BCUT2D eigenvalue weighted by atomic mass is 16.3. The number of hydrogen-bond donors (Lipinski definition) is 1. The van der Waals surface area contributed by atoms with E-state index in [0.717, 1.165) is 17.7 Å². The predicted octanol–water partition coefficient (Wildman–Crippen LogP) is 4.84. The number of nitrogens with zero attached hydrogens (tertiary/aromatic N) is 1. The first kappa shape index (κ1) is 16.4. The molecule has 0 unspecified atom stereocenters. The van der Waals surface area contributed by atoms with Crippen molar-refractivity contribution >= 4 is 0 Å². The van der Waals surface area contributed by atoms with Gasteiger partial charge in [0.1, 0.15) is 5.75 Å². The van der Waals surface area contributed by atoms with Crippen molar-refractivity contribution in [3.8, 4) is 5.75 Å². The van der Waals surface area contributed by atoms with Crippen molar-refractivity contribution in [2.45, 2.75) is 77.3 Å². The Morgan fingerprint density at radius 3 is 2.29 bits per heavy atom. The van der Waals surface area contributed by atoms with Crippen LogP contribution in [0.3, 0.4) is 0 Å². The van der Waals surface area contributed by atoms with Gasteiger partial charge >= 0.3 is 0 Å². The molecule has 1 aliphatic rings. The number of benzene rings is 1. The van der Waals surface area contributed by atoms with Crippen LogP contribution >= 0.6 is 0 Å². The lowest BCUT2D eigenvalue weighted by molar-refractivity contribution is 0.210. The van der Waals surface area contributed by atoms with Crippen molar-refractivity contribution in [3.63, 3.8) is 0 Å². The molecule has 118 valence electrons. The van der Waals surface area contributed by atoms with Gasteiger partial charge in [0.2, 0.25) is 0 Å². The van der Waals surface area contributed by atoms with Crippen LogP contribution in [0, 0.1) is 0 Å². The van der Waals surface area contributed by atoms with E-state index in [9.17, 15) is 5.11 Å². The fourth-order valence-electron chi connectivity index (χ4n) is 3.42. The zero-order chi connectivity index (χ0) is 15.5. The van der Waals surface area contributed by atoms with Crippen LogP contribution in [0.4, 0.5) is 0 Å². The van der Waals surface area contributed by atoms with Gasteiger partial charge in [0.05, 0.1) is 0 Å². The molecule has 1 aliphatic carbocycles. The minimum atomic E-state index is -0.0129. The van der Waals surface area contributed by atoms with E-state index in [1.807, 2.05) is 6.07 Å². The normalized spacial score (nSPS) is 18.0. The third kappa shape index (κ3) is 4.23. The van der Waals surface area contributed by atoms with Gasteiger partial charge in [-0.2, -0.15) is 0 Å². The molecule has 1 fully saturated rings. The van der Waals surface area contributed by atoms with Gasteiger partial charge in [0, 0.05) is 18.2 Å². The number of para-hydroxylation sites is 1. The largest absolute Gasteiger partial charge is 0.507 e. The lowest BCUT2D eigenvalue weighted by Gasteiger charge is -2.28. The summed E-state index contributed by atoms with van der Waals surface area (Å²) in [5, 5.41) is 10.6. The third-order valence-corrected chi connectivity index (χ3v) is 4.80. The maximum absolute atomic E-state index is 10.6. The van der Waals surface area contributed by atoms with Crippen LogP contribution in [0.15, 0.2) is 18.2 Å². The van der Waals surface area contributed by atoms with Crippen molar-refractivity contribution in [2.75, 3.05) is 7.05 Å². The van der Waals surface area contributed by atoms with Crippen LogP contribution in [0.5, 0.6) is 5.75 Å². The van der Waals surface area contributed by atoms with Gasteiger partial charge in [-0.1, -0.05) is 64.7 Å². The highest BCUT2D eigenvalue weighted by Crippen LogP contribution is 2.34. The molecule has 0 aliphatic heterocycles. The van der Waals surface area contributed by atoms with Crippen molar-refractivity contribution in [2.24, 2.45) is 0 Å². The molecule has 2 heteroatoms. The minimum Gasteiger partial charge on any atom is -0.507 e. The first-order chi connectivity index (χ1) is 9.89. The topological polar surface area (TPSA) is 23.5 Å². The van der Waals surface area contributed by atoms with Crippen molar-refractivity contribution in [1.82, 2.24) is 4.90 Å². The molecule has 0 saturated heterocycles. The summed E-state index contributed by atoms with van der Waals surface area (Å²) in [6.07, 6.45) is 8.07. The number of phenolic OH excluding ortho intramolecular Hbond substituents is 1. The van der Waals surface area contributed by atoms with E-state index in [1.54, 1.807) is 0 Å². The van der Waals surface area contributed by atoms with Crippen LogP contribution in [0.1, 0.15) is 70.4 Å². The Kier molecular flexibility index (Phi) is 5.32. The zero-order valence-electron chi connectivity index (χ0n) is 14.2. The van der Waals surface area contributed by atoms with Crippen molar-refractivity contribution < 1.29 is 5.11 Å². The monoisotopic (exact) mass is 289 g/mol. The van der Waals surface area contributed by atoms with E-state index in [1.165, 1.54) is 38.5 Å². The predicted molar refractivity (Wildman–Crippen MR) is 89.8 cm³/mol. The minimum absolute atomic E-state index is 0.0129. The average Bonchev–Trinajstić information content (AvgIpc) is 2.68. The Labute approximate surface area is 130 Å². The standard InChI is InChI=1S/C19H31NO/c1-19(2,3)17-13-9-10-15(18(17)21)14-20(4)16-11-7-5-6-8-12-16/h9-10,13,16,21H,5-8,11-12,14H2,1-4H3. The Morgan fingerprint density at radius 1 is 1.10 bits per heavy atom. The number of aromatic hydroxyl groups is 1. The SMILES string of the molecule is CN(Cc1cccc(C(C)(C)C)c1O)C1CCCCCC1. The highest BCUT2D eigenvalue weighted by molar-refractivity contribution is 5.43. The summed E-state index contributed by atoms with van der Waals surface area (Å²) < 4.78 is 0. The van der Waals surface area contributed by atoms with Gasteiger partial charge < -0.3 is 5.11 Å². The molecular formula is C19H31NO. The van der Waals surface area contributed by atoms with Crippen molar-refractivity contribution in [1.29, 1.82) is 0 Å². The maximum Gasteiger partial charge on any atom is 0.123 e. The first-order valence-corrected chi connectivity index (χ1v) is 8.41. The second-order valence-electron chi connectivity index (χ2n) is 7.62. The molecule has 1 saturated carbocycles. The molecule has 0 atom stereocenters. The summed E-state index contributed by atoms with van der Waals surface area (Å²) >= 11 is 0. The summed E-state index contributed by atoms with van der Waals surface area (Å²) in [6.45, 7) is 7.31. The fraction of sp³-hybridized carbons (Fsp3) is 0.684. The van der Waals surface area contributed by atoms with E-state index in [4.69, 9.17) is 0 Å². The molecule has 2 nitrogen and oxygen atoms in total. The molecule has 0 spiro atoms. The maximum atomic E-state index is 10.6. The summed E-state index contributed by atoms with van der Waals surface area (Å²) in [5.74, 6) is 0.491. The van der Waals surface area contributed by atoms with Gasteiger partial charge in [-0.3, -0.25) is 4.90 Å². The van der Waals surface area contributed by atoms with Gasteiger partial charge in [-0.25, -0.2) is 0 Å². The van der Waals surface area contributed by atoms with Crippen LogP contribution in [0.2, 0.25) is 0 Å². The first-order valence-electron chi connectivity index (χ1n) is 8.41. The molecule has 21 heavy (non-hydrogen) atoms. The number of hydrogen-bond acceptors (Lipinski definition) is 2. The molecule has 0 amide bonds. The molecule has 0 aromatic heterocycles. The molecule has 2 rings (SSSR count). The molecule has 0 radical (unpaired) electrons. The molecule has 1 aromatic rings. The summed E-state index contributed by atoms with van der Waals surface area (Å²) in [7, 11) is 2.21. The fourth-order valence-corrected chi connectivity index (χ4v) is 3.42. The Hall–Kier alpha value is -1.02. The second-order valence-corrected chi connectivity index (χ2v) is 7.62. The van der Waals surface area contributed by atoms with E-state index in [0.29, 0.717) is 11.8 Å². The number of phenols is 1. The summed E-state index contributed by atoms with van der Waals surface area (Å²) in [6, 6.07) is 6.86. The van der Waals surface area contributed by atoms with E-state index >= 15 is 0 Å². The quantitative estimate of drug-likeness (QED) is 0.804. The van der Waals surface area contributed by atoms with Crippen molar-refractivity contribution in [3.05, 3.63) is 29.3 Å². The second kappa shape index (κ2) is 6.83. The number of rotatable bonds is 3. The highest BCUT2D eigenvalue weighted by Gasteiger charge is 2.22. The van der Waals surface area contributed by atoms with Gasteiger partial charge in [0.15, 0.2) is 0 Å². The lowest BCUT2D eigenvalue weighted by Crippen LogP contribution is -2.30. The van der Waals surface area contributed by atoms with E-state index in [2.05, 4.69) is 44.9 Å². The Morgan fingerprint density at radius 2 is 1.71 bits per heavy atom. The summed E-state index contributed by atoms with van der Waals surface area (Å²) in [4.78, 5) is 2.44. The molecular weight excluding hydrogens is 258 g/mol. The van der Waals surface area contributed by atoms with Gasteiger partial charge in [-0.05, 0) is 30.9 Å². The molecule has 0 bridgehead atoms. The Bertz CT molecular complexity index is 453.